The van der Waals surface area contributed by atoms with E-state index >= 15 is 0 Å². The summed E-state index contributed by atoms with van der Waals surface area (Å²) < 4.78 is 19.1. The lowest BCUT2D eigenvalue weighted by molar-refractivity contribution is -0.0531. The summed E-state index contributed by atoms with van der Waals surface area (Å²) in [5.41, 5.74) is -0.0762. The van der Waals surface area contributed by atoms with Crippen molar-refractivity contribution in [3.8, 4) is 0 Å². The second-order valence-electron chi connectivity index (χ2n) is 6.66. The van der Waals surface area contributed by atoms with Gasteiger partial charge < -0.3 is 10.1 Å². The molecule has 2 saturated heterocycles. The molecule has 128 valence electrons. The summed E-state index contributed by atoms with van der Waals surface area (Å²) in [6, 6.07) is 4.48. The molecule has 4 rings (SSSR count). The first-order valence-electron chi connectivity index (χ1n) is 8.34. The van der Waals surface area contributed by atoms with Crippen LogP contribution in [0.3, 0.4) is 0 Å². The van der Waals surface area contributed by atoms with E-state index in [0.717, 1.165) is 38.9 Å². The molecular formula is C17H21FN4OS. The van der Waals surface area contributed by atoms with Crippen LogP contribution in [0.15, 0.2) is 29.9 Å². The Balaban J connectivity index is 1.36. The Morgan fingerprint density at radius 2 is 2.29 bits per heavy atom. The predicted molar refractivity (Wildman–Crippen MR) is 91.5 cm³/mol. The number of thiophene rings is 1. The maximum Gasteiger partial charge on any atom is 0.223 e. The van der Waals surface area contributed by atoms with Gasteiger partial charge in [0, 0.05) is 24.4 Å². The van der Waals surface area contributed by atoms with Crippen molar-refractivity contribution in [3.05, 3.63) is 40.6 Å². The lowest BCUT2D eigenvalue weighted by atomic mass is 9.88. The molecule has 2 aromatic rings. The zero-order chi connectivity index (χ0) is 16.4. The smallest absolute Gasteiger partial charge is 0.223 e. The Labute approximate surface area is 144 Å². The number of aromatic nitrogens is 2. The molecule has 0 aliphatic carbocycles. The summed E-state index contributed by atoms with van der Waals surface area (Å²) in [6.45, 7) is 3.74. The van der Waals surface area contributed by atoms with Gasteiger partial charge in [0.2, 0.25) is 5.95 Å². The molecule has 2 aromatic heterocycles. The van der Waals surface area contributed by atoms with Gasteiger partial charge in [-0.2, -0.15) is 0 Å². The number of anilines is 1. The molecule has 1 N–H and O–H groups in total. The first-order chi connectivity index (χ1) is 11.7. The van der Waals surface area contributed by atoms with E-state index < -0.39 is 5.82 Å². The molecule has 0 aromatic carbocycles. The van der Waals surface area contributed by atoms with Crippen LogP contribution in [0.5, 0.6) is 0 Å². The summed E-state index contributed by atoms with van der Waals surface area (Å²) in [5.74, 6) is 0.0458. The predicted octanol–water partition coefficient (Wildman–Crippen LogP) is 2.91. The minimum Gasteiger partial charge on any atom is -0.371 e. The number of nitrogens with zero attached hydrogens (tertiary/aromatic N) is 3. The minimum atomic E-state index is -0.420. The molecule has 4 heterocycles. The number of hydrogen-bond donors (Lipinski definition) is 1. The molecule has 0 bridgehead atoms. The van der Waals surface area contributed by atoms with E-state index in [1.165, 1.54) is 17.3 Å². The number of rotatable bonds is 4. The molecule has 0 radical (unpaired) electrons. The fraction of sp³-hybridized carbons (Fsp3) is 0.529. The normalized spacial score (nSPS) is 27.6. The highest BCUT2D eigenvalue weighted by molar-refractivity contribution is 7.09. The highest BCUT2D eigenvalue weighted by Crippen LogP contribution is 2.36. The zero-order valence-electron chi connectivity index (χ0n) is 13.4. The van der Waals surface area contributed by atoms with Crippen LogP contribution in [-0.4, -0.2) is 46.2 Å². The van der Waals surface area contributed by atoms with Gasteiger partial charge in [0.25, 0.3) is 0 Å². The van der Waals surface area contributed by atoms with E-state index in [1.54, 1.807) is 0 Å². The van der Waals surface area contributed by atoms with Crippen molar-refractivity contribution in [3.63, 3.8) is 0 Å². The van der Waals surface area contributed by atoms with E-state index in [1.807, 2.05) is 11.3 Å². The second kappa shape index (κ2) is 6.74. The summed E-state index contributed by atoms with van der Waals surface area (Å²) in [4.78, 5) is 11.9. The van der Waals surface area contributed by atoms with Gasteiger partial charge in [0.05, 0.1) is 30.6 Å². The van der Waals surface area contributed by atoms with Gasteiger partial charge in [0.15, 0.2) is 5.82 Å². The van der Waals surface area contributed by atoms with Crippen LogP contribution in [0, 0.1) is 5.82 Å². The van der Waals surface area contributed by atoms with Crippen LogP contribution in [0.25, 0.3) is 0 Å². The first kappa shape index (κ1) is 15.9. The van der Waals surface area contributed by atoms with E-state index in [0.29, 0.717) is 12.6 Å². The van der Waals surface area contributed by atoms with E-state index in [-0.39, 0.29) is 11.6 Å². The van der Waals surface area contributed by atoms with Crippen LogP contribution in [0.1, 0.15) is 24.1 Å². The standard InChI is InChI=1S/C17H21FN4OS/c18-13-8-19-16(20-9-13)21-14-7-17(23-11-14)4-2-5-22(12-17)10-15-3-1-6-24-15/h1,3,6,8-9,14H,2,4-5,7,10-12H2,(H,19,20,21)/t14-,17+/m1/s1. The Hall–Kier alpha value is -1.57. The highest BCUT2D eigenvalue weighted by atomic mass is 32.1. The molecule has 1 spiro atoms. The van der Waals surface area contributed by atoms with Crippen molar-refractivity contribution in [2.75, 3.05) is 25.0 Å². The molecule has 2 aliphatic heterocycles. The van der Waals surface area contributed by atoms with E-state index in [4.69, 9.17) is 4.74 Å². The molecule has 0 amide bonds. The fourth-order valence-electron chi connectivity index (χ4n) is 3.74. The molecular weight excluding hydrogens is 327 g/mol. The van der Waals surface area contributed by atoms with Gasteiger partial charge in [-0.25, -0.2) is 14.4 Å². The largest absolute Gasteiger partial charge is 0.371 e. The second-order valence-corrected chi connectivity index (χ2v) is 7.69. The molecule has 7 heteroatoms. The number of halogens is 1. The summed E-state index contributed by atoms with van der Waals surface area (Å²) in [6.07, 6.45) is 5.56. The number of likely N-dealkylation sites (tertiary alicyclic amines) is 1. The molecule has 0 saturated carbocycles. The van der Waals surface area contributed by atoms with Crippen LogP contribution in [0.4, 0.5) is 10.3 Å². The van der Waals surface area contributed by atoms with Gasteiger partial charge >= 0.3 is 0 Å². The molecule has 2 atom stereocenters. The number of ether oxygens (including phenoxy) is 1. The molecule has 24 heavy (non-hydrogen) atoms. The Bertz CT molecular complexity index is 666. The monoisotopic (exact) mass is 348 g/mol. The lowest BCUT2D eigenvalue weighted by Crippen LogP contribution is -2.47. The Morgan fingerprint density at radius 1 is 1.42 bits per heavy atom. The Kier molecular flexibility index (Phi) is 4.47. The third-order valence-corrected chi connectivity index (χ3v) is 5.60. The van der Waals surface area contributed by atoms with Gasteiger partial charge in [-0.1, -0.05) is 6.07 Å². The summed E-state index contributed by atoms with van der Waals surface area (Å²) in [7, 11) is 0. The van der Waals surface area contributed by atoms with E-state index in [2.05, 4.69) is 37.7 Å². The highest BCUT2D eigenvalue weighted by Gasteiger charge is 2.43. The topological polar surface area (TPSA) is 50.3 Å². The van der Waals surface area contributed by atoms with Crippen LogP contribution >= 0.6 is 11.3 Å². The molecule has 5 nitrogen and oxygen atoms in total. The number of piperidine rings is 1. The maximum atomic E-state index is 12.9. The average molecular weight is 348 g/mol. The van der Waals surface area contributed by atoms with Gasteiger partial charge in [0.1, 0.15) is 0 Å². The number of hydrogen-bond acceptors (Lipinski definition) is 6. The average Bonchev–Trinajstić information content (AvgIpc) is 3.21. The fourth-order valence-corrected chi connectivity index (χ4v) is 4.49. The van der Waals surface area contributed by atoms with Crippen molar-refractivity contribution in [2.24, 2.45) is 0 Å². The van der Waals surface area contributed by atoms with E-state index in [9.17, 15) is 4.39 Å². The number of nitrogens with one attached hydrogen (secondary N) is 1. The SMILES string of the molecule is Fc1cnc(N[C@H]2CO[C@@]3(CCCN(Cc4cccs4)C3)C2)nc1. The van der Waals surface area contributed by atoms with Crippen molar-refractivity contribution in [1.82, 2.24) is 14.9 Å². The van der Waals surface area contributed by atoms with Crippen LogP contribution in [0.2, 0.25) is 0 Å². The Morgan fingerprint density at radius 3 is 3.08 bits per heavy atom. The van der Waals surface area contributed by atoms with Crippen molar-refractivity contribution in [1.29, 1.82) is 0 Å². The van der Waals surface area contributed by atoms with Gasteiger partial charge in [-0.05, 0) is 30.8 Å². The van der Waals surface area contributed by atoms with Crippen molar-refractivity contribution >= 4 is 17.3 Å². The molecule has 0 unspecified atom stereocenters. The molecule has 2 aliphatic rings. The first-order valence-corrected chi connectivity index (χ1v) is 9.22. The maximum absolute atomic E-state index is 12.9. The quantitative estimate of drug-likeness (QED) is 0.921. The van der Waals surface area contributed by atoms with Crippen LogP contribution < -0.4 is 5.32 Å². The summed E-state index contributed by atoms with van der Waals surface area (Å²) in [5, 5.41) is 5.40. The van der Waals surface area contributed by atoms with Crippen LogP contribution in [-0.2, 0) is 11.3 Å². The third-order valence-electron chi connectivity index (χ3n) is 4.74. The minimum absolute atomic E-state index is 0.0762. The zero-order valence-corrected chi connectivity index (χ0v) is 14.3. The van der Waals surface area contributed by atoms with Gasteiger partial charge in [-0.3, -0.25) is 4.90 Å². The van der Waals surface area contributed by atoms with Gasteiger partial charge in [-0.15, -0.1) is 11.3 Å². The van der Waals surface area contributed by atoms with Crippen molar-refractivity contribution < 1.29 is 9.13 Å². The van der Waals surface area contributed by atoms with Crippen molar-refractivity contribution in [2.45, 2.75) is 37.5 Å². The summed E-state index contributed by atoms with van der Waals surface area (Å²) >= 11 is 1.81. The molecule has 2 fully saturated rings. The third kappa shape index (κ3) is 3.58. The lowest BCUT2D eigenvalue weighted by Gasteiger charge is -2.39.